The zero-order chi connectivity index (χ0) is 23.1. The van der Waals surface area contributed by atoms with Crippen molar-refractivity contribution in [3.63, 3.8) is 0 Å². The number of hydrogen-bond donors (Lipinski definition) is 1. The highest BCUT2D eigenvalue weighted by Crippen LogP contribution is 2.42. The summed E-state index contributed by atoms with van der Waals surface area (Å²) in [5, 5.41) is 8.94. The number of carbonyl (C=O) groups is 2. The van der Waals surface area contributed by atoms with E-state index in [9.17, 15) is 9.59 Å². The Bertz CT molecular complexity index is 820. The second kappa shape index (κ2) is 10.1. The zero-order valence-electron chi connectivity index (χ0n) is 19.2. The molecule has 0 saturated heterocycles. The lowest BCUT2D eigenvalue weighted by Crippen LogP contribution is -2.42. The molecule has 31 heavy (non-hydrogen) atoms. The number of rotatable bonds is 10. The average Bonchev–Trinajstić information content (AvgIpc) is 2.78. The molecule has 0 saturated carbocycles. The standard InChI is InChI=1S/C26H34O5/c1-6-25(4,19-24(2,3)22(28)30-18-17-27)23(29)31-26(5,20-13-9-7-10-14-20)21-15-11-8-12-16-21/h7-16,27H,6,17-19H2,1-5H3. The van der Waals surface area contributed by atoms with E-state index in [4.69, 9.17) is 14.6 Å². The molecule has 0 spiro atoms. The quantitative estimate of drug-likeness (QED) is 0.549. The molecule has 2 aromatic carbocycles. The van der Waals surface area contributed by atoms with Crippen LogP contribution in [0.2, 0.25) is 0 Å². The number of esters is 2. The third-order valence-electron chi connectivity index (χ3n) is 5.93. The van der Waals surface area contributed by atoms with Gasteiger partial charge in [0.1, 0.15) is 6.61 Å². The number of aliphatic hydroxyl groups is 1. The number of hydrogen-bond acceptors (Lipinski definition) is 5. The summed E-state index contributed by atoms with van der Waals surface area (Å²) in [6.07, 6.45) is 0.765. The van der Waals surface area contributed by atoms with Crippen molar-refractivity contribution < 1.29 is 24.2 Å². The van der Waals surface area contributed by atoms with Gasteiger partial charge in [0.15, 0.2) is 5.60 Å². The first-order valence-corrected chi connectivity index (χ1v) is 10.7. The van der Waals surface area contributed by atoms with Crippen molar-refractivity contribution >= 4 is 11.9 Å². The third-order valence-corrected chi connectivity index (χ3v) is 5.93. The smallest absolute Gasteiger partial charge is 0.313 e. The van der Waals surface area contributed by atoms with Crippen LogP contribution in [0.15, 0.2) is 60.7 Å². The Balaban J connectivity index is 2.35. The van der Waals surface area contributed by atoms with Gasteiger partial charge in [-0.2, -0.15) is 0 Å². The van der Waals surface area contributed by atoms with E-state index in [1.165, 1.54) is 0 Å². The maximum Gasteiger partial charge on any atom is 0.313 e. The van der Waals surface area contributed by atoms with E-state index in [2.05, 4.69) is 0 Å². The minimum atomic E-state index is -0.975. The first-order valence-electron chi connectivity index (χ1n) is 10.7. The van der Waals surface area contributed by atoms with Crippen molar-refractivity contribution in [1.82, 2.24) is 0 Å². The second-order valence-corrected chi connectivity index (χ2v) is 8.99. The molecular formula is C26H34O5. The molecule has 2 rings (SSSR count). The fourth-order valence-electron chi connectivity index (χ4n) is 3.83. The van der Waals surface area contributed by atoms with Crippen LogP contribution in [0.1, 0.15) is 58.6 Å². The Labute approximate surface area is 185 Å². The molecule has 0 heterocycles. The molecule has 0 aliphatic heterocycles. The van der Waals surface area contributed by atoms with Gasteiger partial charge in [0.2, 0.25) is 0 Å². The molecule has 0 aromatic heterocycles. The summed E-state index contributed by atoms with van der Waals surface area (Å²) >= 11 is 0. The molecule has 5 nitrogen and oxygen atoms in total. The van der Waals surface area contributed by atoms with Crippen molar-refractivity contribution in [3.8, 4) is 0 Å². The number of aliphatic hydroxyl groups excluding tert-OH is 1. The molecule has 0 aliphatic rings. The Morgan fingerprint density at radius 3 is 1.74 bits per heavy atom. The van der Waals surface area contributed by atoms with E-state index in [1.807, 2.05) is 81.4 Å². The van der Waals surface area contributed by atoms with Crippen molar-refractivity contribution in [2.45, 2.75) is 53.1 Å². The van der Waals surface area contributed by atoms with Gasteiger partial charge in [-0.1, -0.05) is 67.6 Å². The Morgan fingerprint density at radius 2 is 1.32 bits per heavy atom. The molecule has 5 heteroatoms. The molecule has 0 bridgehead atoms. The lowest BCUT2D eigenvalue weighted by molar-refractivity contribution is -0.172. The van der Waals surface area contributed by atoms with E-state index in [0.29, 0.717) is 6.42 Å². The molecule has 0 aliphatic carbocycles. The van der Waals surface area contributed by atoms with Crippen LogP contribution in [0.3, 0.4) is 0 Å². The predicted octanol–water partition coefficient (Wildman–Crippen LogP) is 4.86. The summed E-state index contributed by atoms with van der Waals surface area (Å²) < 4.78 is 11.4. The highest BCUT2D eigenvalue weighted by atomic mass is 16.6. The molecule has 168 valence electrons. The van der Waals surface area contributed by atoms with Crippen molar-refractivity contribution in [2.24, 2.45) is 10.8 Å². The van der Waals surface area contributed by atoms with Crippen molar-refractivity contribution in [1.29, 1.82) is 0 Å². The molecule has 0 radical (unpaired) electrons. The zero-order valence-corrected chi connectivity index (χ0v) is 19.2. The van der Waals surface area contributed by atoms with Crippen LogP contribution in [0.4, 0.5) is 0 Å². The molecule has 0 fully saturated rings. The summed E-state index contributed by atoms with van der Waals surface area (Å²) in [7, 11) is 0. The van der Waals surface area contributed by atoms with Gasteiger partial charge in [-0.3, -0.25) is 9.59 Å². The van der Waals surface area contributed by atoms with Crippen LogP contribution >= 0.6 is 0 Å². The van der Waals surface area contributed by atoms with Gasteiger partial charge in [-0.15, -0.1) is 0 Å². The highest BCUT2D eigenvalue weighted by molar-refractivity contribution is 5.81. The van der Waals surface area contributed by atoms with Crippen LogP contribution in [0, 0.1) is 10.8 Å². The molecular weight excluding hydrogens is 392 g/mol. The number of ether oxygens (including phenoxy) is 2. The monoisotopic (exact) mass is 426 g/mol. The molecule has 2 aromatic rings. The van der Waals surface area contributed by atoms with Crippen LogP contribution in [-0.2, 0) is 24.7 Å². The van der Waals surface area contributed by atoms with E-state index in [-0.39, 0.29) is 25.6 Å². The summed E-state index contributed by atoms with van der Waals surface area (Å²) in [5.41, 5.74) is -1.04. The van der Waals surface area contributed by atoms with Gasteiger partial charge in [0.05, 0.1) is 17.4 Å². The van der Waals surface area contributed by atoms with Gasteiger partial charge in [0.25, 0.3) is 0 Å². The fraction of sp³-hybridized carbons (Fsp3) is 0.462. The van der Waals surface area contributed by atoms with Gasteiger partial charge in [-0.25, -0.2) is 0 Å². The number of carbonyl (C=O) groups excluding carboxylic acids is 2. The van der Waals surface area contributed by atoms with Gasteiger partial charge >= 0.3 is 11.9 Å². The number of benzene rings is 2. The first-order chi connectivity index (χ1) is 14.6. The van der Waals surface area contributed by atoms with E-state index in [0.717, 1.165) is 11.1 Å². The average molecular weight is 427 g/mol. The minimum absolute atomic E-state index is 0.0599. The van der Waals surface area contributed by atoms with Crippen molar-refractivity contribution in [2.75, 3.05) is 13.2 Å². The van der Waals surface area contributed by atoms with Gasteiger partial charge < -0.3 is 14.6 Å². The van der Waals surface area contributed by atoms with Crippen LogP contribution < -0.4 is 0 Å². The van der Waals surface area contributed by atoms with Gasteiger partial charge in [-0.05, 0) is 51.7 Å². The summed E-state index contributed by atoms with van der Waals surface area (Å²) in [5.74, 6) is -0.809. The minimum Gasteiger partial charge on any atom is -0.463 e. The van der Waals surface area contributed by atoms with Gasteiger partial charge in [0, 0.05) is 0 Å². The third kappa shape index (κ3) is 5.73. The van der Waals surface area contributed by atoms with E-state index >= 15 is 0 Å². The highest BCUT2D eigenvalue weighted by Gasteiger charge is 2.45. The van der Waals surface area contributed by atoms with Crippen molar-refractivity contribution in [3.05, 3.63) is 71.8 Å². The molecule has 1 atom stereocenters. The SMILES string of the molecule is CCC(C)(CC(C)(C)C(=O)OCCO)C(=O)OC(C)(c1ccccc1)c1ccccc1. The topological polar surface area (TPSA) is 72.8 Å². The predicted molar refractivity (Wildman–Crippen MR) is 120 cm³/mol. The Hall–Kier alpha value is -2.66. The second-order valence-electron chi connectivity index (χ2n) is 8.99. The van der Waals surface area contributed by atoms with Crippen LogP contribution in [-0.4, -0.2) is 30.3 Å². The van der Waals surface area contributed by atoms with Crippen LogP contribution in [0.5, 0.6) is 0 Å². The molecule has 1 N–H and O–H groups in total. The largest absolute Gasteiger partial charge is 0.463 e. The lowest BCUT2D eigenvalue weighted by Gasteiger charge is -2.38. The summed E-state index contributed by atoms with van der Waals surface area (Å²) in [6, 6.07) is 19.3. The maximum atomic E-state index is 13.6. The summed E-state index contributed by atoms with van der Waals surface area (Å²) in [4.78, 5) is 26.0. The Kier molecular flexibility index (Phi) is 8.02. The maximum absolute atomic E-state index is 13.6. The lowest BCUT2D eigenvalue weighted by atomic mass is 9.72. The fourth-order valence-corrected chi connectivity index (χ4v) is 3.83. The normalized spacial score (nSPS) is 13.9. The van der Waals surface area contributed by atoms with E-state index < -0.39 is 22.4 Å². The molecule has 1 unspecified atom stereocenters. The summed E-state index contributed by atoms with van der Waals surface area (Å²) in [6.45, 7) is 8.85. The van der Waals surface area contributed by atoms with Crippen LogP contribution in [0.25, 0.3) is 0 Å². The van der Waals surface area contributed by atoms with E-state index in [1.54, 1.807) is 13.8 Å². The first kappa shape index (κ1) is 24.6. The Morgan fingerprint density at radius 1 is 0.839 bits per heavy atom. The molecule has 0 amide bonds.